The zero-order chi connectivity index (χ0) is 13.6. The lowest BCUT2D eigenvalue weighted by Gasteiger charge is -2.23. The van der Waals surface area contributed by atoms with Crippen LogP contribution in [0.2, 0.25) is 0 Å². The Hall–Kier alpha value is -1.11. The van der Waals surface area contributed by atoms with Gasteiger partial charge in [-0.1, -0.05) is 15.9 Å². The molecular weight excluding hydrogens is 310 g/mol. The van der Waals surface area contributed by atoms with Crippen LogP contribution in [-0.2, 0) is 4.74 Å². The Bertz CT molecular complexity index is 663. The van der Waals surface area contributed by atoms with E-state index in [9.17, 15) is 4.79 Å². The van der Waals surface area contributed by atoms with Crippen LogP contribution in [0, 0.1) is 5.92 Å². The van der Waals surface area contributed by atoms with E-state index in [1.807, 2.05) is 12.1 Å². The van der Waals surface area contributed by atoms with Gasteiger partial charge in [0.25, 0.3) is 0 Å². The number of imidazole rings is 1. The molecule has 19 heavy (non-hydrogen) atoms. The maximum absolute atomic E-state index is 11.3. The molecule has 0 amide bonds. The van der Waals surface area contributed by atoms with Crippen molar-refractivity contribution < 1.29 is 4.74 Å². The van der Waals surface area contributed by atoms with E-state index in [2.05, 4.69) is 32.8 Å². The molecular formula is C13H16BrN3O2. The number of hydrogen-bond donors (Lipinski definition) is 3. The van der Waals surface area contributed by atoms with E-state index < -0.39 is 0 Å². The van der Waals surface area contributed by atoms with Crippen molar-refractivity contribution in [2.24, 2.45) is 11.7 Å². The second kappa shape index (κ2) is 4.77. The summed E-state index contributed by atoms with van der Waals surface area (Å²) in [6.45, 7) is 2.82. The molecule has 0 saturated carbocycles. The van der Waals surface area contributed by atoms with Crippen molar-refractivity contribution >= 4 is 27.0 Å². The molecule has 1 aromatic heterocycles. The Morgan fingerprint density at radius 3 is 2.74 bits per heavy atom. The summed E-state index contributed by atoms with van der Waals surface area (Å²) in [7, 11) is 0. The monoisotopic (exact) mass is 325 g/mol. The Balaban J connectivity index is 2.03. The molecule has 1 saturated heterocycles. The molecule has 3 atom stereocenters. The summed E-state index contributed by atoms with van der Waals surface area (Å²) >= 11 is 3.54. The van der Waals surface area contributed by atoms with Crippen molar-refractivity contribution in [1.82, 2.24) is 9.97 Å². The number of ether oxygens (including phenoxy) is 1. The summed E-state index contributed by atoms with van der Waals surface area (Å²) in [5, 5.41) is 0. The van der Waals surface area contributed by atoms with Crippen LogP contribution in [0.4, 0.5) is 0 Å². The molecule has 2 heterocycles. The van der Waals surface area contributed by atoms with Gasteiger partial charge in [-0.2, -0.15) is 0 Å². The molecule has 0 aliphatic carbocycles. The van der Waals surface area contributed by atoms with Crippen LogP contribution < -0.4 is 11.4 Å². The molecule has 5 nitrogen and oxygen atoms in total. The van der Waals surface area contributed by atoms with Gasteiger partial charge in [0, 0.05) is 23.0 Å². The minimum Gasteiger partial charge on any atom is -0.378 e. The molecule has 0 bridgehead atoms. The van der Waals surface area contributed by atoms with E-state index in [1.165, 1.54) is 0 Å². The SMILES string of the molecule is CC1OCCC1C(N)c1cc2[nH]c(=O)[nH]c2cc1Br. The summed E-state index contributed by atoms with van der Waals surface area (Å²) < 4.78 is 6.50. The smallest absolute Gasteiger partial charge is 0.323 e. The molecule has 3 rings (SSSR count). The Morgan fingerprint density at radius 2 is 2.11 bits per heavy atom. The number of benzene rings is 1. The molecule has 1 aromatic carbocycles. The predicted octanol–water partition coefficient (Wildman–Crippen LogP) is 2.04. The third-order valence-electron chi connectivity index (χ3n) is 3.89. The van der Waals surface area contributed by atoms with Crippen LogP contribution in [0.3, 0.4) is 0 Å². The fourth-order valence-electron chi connectivity index (χ4n) is 2.78. The Labute approximate surface area is 118 Å². The first-order valence-corrected chi connectivity index (χ1v) is 7.14. The van der Waals surface area contributed by atoms with Crippen molar-refractivity contribution in [3.63, 3.8) is 0 Å². The molecule has 1 aliphatic heterocycles. The predicted molar refractivity (Wildman–Crippen MR) is 77.1 cm³/mol. The largest absolute Gasteiger partial charge is 0.378 e. The third-order valence-corrected chi connectivity index (χ3v) is 4.58. The Kier molecular flexibility index (Phi) is 3.24. The van der Waals surface area contributed by atoms with E-state index in [1.54, 1.807) is 0 Å². The van der Waals surface area contributed by atoms with E-state index >= 15 is 0 Å². The van der Waals surface area contributed by atoms with Crippen LogP contribution in [0.1, 0.15) is 24.9 Å². The molecule has 0 radical (unpaired) electrons. The van der Waals surface area contributed by atoms with Crippen LogP contribution in [0.25, 0.3) is 11.0 Å². The van der Waals surface area contributed by atoms with Gasteiger partial charge in [-0.05, 0) is 31.0 Å². The highest BCUT2D eigenvalue weighted by molar-refractivity contribution is 9.10. The first-order valence-electron chi connectivity index (χ1n) is 6.35. The minimum absolute atomic E-state index is 0.102. The van der Waals surface area contributed by atoms with E-state index in [0.29, 0.717) is 5.92 Å². The van der Waals surface area contributed by atoms with Crippen LogP contribution in [0.5, 0.6) is 0 Å². The van der Waals surface area contributed by atoms with Gasteiger partial charge in [-0.25, -0.2) is 4.79 Å². The second-order valence-electron chi connectivity index (χ2n) is 5.05. The van der Waals surface area contributed by atoms with Crippen molar-refractivity contribution in [3.05, 3.63) is 32.7 Å². The lowest BCUT2D eigenvalue weighted by Crippen LogP contribution is -2.26. The van der Waals surface area contributed by atoms with Gasteiger partial charge in [0.1, 0.15) is 0 Å². The van der Waals surface area contributed by atoms with Crippen molar-refractivity contribution in [2.75, 3.05) is 6.61 Å². The molecule has 2 aromatic rings. The van der Waals surface area contributed by atoms with Gasteiger partial charge >= 0.3 is 5.69 Å². The third kappa shape index (κ3) is 2.24. The van der Waals surface area contributed by atoms with E-state index in [-0.39, 0.29) is 17.8 Å². The number of H-pyrrole nitrogens is 2. The van der Waals surface area contributed by atoms with Gasteiger partial charge in [0.15, 0.2) is 0 Å². The van der Waals surface area contributed by atoms with Crippen molar-refractivity contribution in [2.45, 2.75) is 25.5 Å². The van der Waals surface area contributed by atoms with Gasteiger partial charge in [0.2, 0.25) is 0 Å². The summed E-state index contributed by atoms with van der Waals surface area (Å²) in [4.78, 5) is 16.8. The molecule has 4 N–H and O–H groups in total. The first kappa shape index (κ1) is 12.9. The standard InChI is InChI=1S/C13H16BrN3O2/c1-6-7(2-3-19-6)12(15)8-4-10-11(5-9(8)14)17-13(18)16-10/h4-7,12H,2-3,15H2,1H3,(H2,16,17,18). The fourth-order valence-corrected chi connectivity index (χ4v) is 3.39. The number of fused-ring (bicyclic) bond motifs is 1. The Morgan fingerprint density at radius 1 is 1.42 bits per heavy atom. The summed E-state index contributed by atoms with van der Waals surface area (Å²) in [6, 6.07) is 3.73. The second-order valence-corrected chi connectivity index (χ2v) is 5.91. The molecule has 0 spiro atoms. The van der Waals surface area contributed by atoms with Crippen LogP contribution in [-0.4, -0.2) is 22.7 Å². The number of nitrogens with one attached hydrogen (secondary N) is 2. The molecule has 3 unspecified atom stereocenters. The zero-order valence-corrected chi connectivity index (χ0v) is 12.2. The number of aromatic nitrogens is 2. The van der Waals surface area contributed by atoms with Crippen molar-refractivity contribution in [1.29, 1.82) is 0 Å². The molecule has 1 aliphatic rings. The average molecular weight is 326 g/mol. The van der Waals surface area contributed by atoms with Gasteiger partial charge in [-0.15, -0.1) is 0 Å². The number of nitrogens with two attached hydrogens (primary N) is 1. The normalized spacial score (nSPS) is 25.0. The lowest BCUT2D eigenvalue weighted by atomic mass is 9.89. The molecule has 102 valence electrons. The van der Waals surface area contributed by atoms with Gasteiger partial charge < -0.3 is 20.4 Å². The zero-order valence-electron chi connectivity index (χ0n) is 10.6. The summed E-state index contributed by atoms with van der Waals surface area (Å²) in [6.07, 6.45) is 1.14. The highest BCUT2D eigenvalue weighted by Crippen LogP contribution is 2.35. The van der Waals surface area contributed by atoms with Crippen LogP contribution >= 0.6 is 15.9 Å². The molecule has 6 heteroatoms. The van der Waals surface area contributed by atoms with Gasteiger partial charge in [0.05, 0.1) is 17.1 Å². The number of halogens is 1. The highest BCUT2D eigenvalue weighted by Gasteiger charge is 2.31. The number of rotatable bonds is 2. The number of hydrogen-bond acceptors (Lipinski definition) is 3. The lowest BCUT2D eigenvalue weighted by molar-refractivity contribution is 0.0994. The van der Waals surface area contributed by atoms with Gasteiger partial charge in [-0.3, -0.25) is 0 Å². The average Bonchev–Trinajstić information content (AvgIpc) is 2.92. The first-order chi connectivity index (χ1) is 9.06. The van der Waals surface area contributed by atoms with E-state index in [0.717, 1.165) is 34.1 Å². The molecule has 1 fully saturated rings. The minimum atomic E-state index is -0.204. The number of aromatic amines is 2. The topological polar surface area (TPSA) is 83.9 Å². The van der Waals surface area contributed by atoms with E-state index in [4.69, 9.17) is 10.5 Å². The summed E-state index contributed by atoms with van der Waals surface area (Å²) in [5.41, 5.74) is 8.74. The van der Waals surface area contributed by atoms with Crippen molar-refractivity contribution in [3.8, 4) is 0 Å². The maximum atomic E-state index is 11.3. The summed E-state index contributed by atoms with van der Waals surface area (Å²) in [5.74, 6) is 0.305. The van der Waals surface area contributed by atoms with Crippen LogP contribution in [0.15, 0.2) is 21.4 Å². The quantitative estimate of drug-likeness (QED) is 0.790. The maximum Gasteiger partial charge on any atom is 0.323 e. The highest BCUT2D eigenvalue weighted by atomic mass is 79.9. The fraction of sp³-hybridized carbons (Fsp3) is 0.462.